The lowest BCUT2D eigenvalue weighted by molar-refractivity contribution is 0.126. The third-order valence-corrected chi connectivity index (χ3v) is 4.75. The number of hydrogen-bond donors (Lipinski definition) is 0. The summed E-state index contributed by atoms with van der Waals surface area (Å²) >= 11 is 0. The van der Waals surface area contributed by atoms with Crippen molar-refractivity contribution in [1.82, 2.24) is 9.88 Å². The van der Waals surface area contributed by atoms with E-state index in [9.17, 15) is 0 Å². The fourth-order valence-electron chi connectivity index (χ4n) is 3.13. The molecule has 2 nitrogen and oxygen atoms in total. The second kappa shape index (κ2) is 6.33. The SMILES string of the molecule is CCC1CCC(N(C)C(C)c2cccnc2)CC1. The van der Waals surface area contributed by atoms with E-state index >= 15 is 0 Å². The minimum atomic E-state index is 0.474. The van der Waals surface area contributed by atoms with E-state index in [0.717, 1.165) is 12.0 Å². The number of nitrogens with zero attached hydrogens (tertiary/aromatic N) is 2. The lowest BCUT2D eigenvalue weighted by Crippen LogP contribution is -2.36. The topological polar surface area (TPSA) is 16.1 Å². The van der Waals surface area contributed by atoms with Gasteiger partial charge in [-0.2, -0.15) is 0 Å². The molecule has 0 spiro atoms. The fourth-order valence-corrected chi connectivity index (χ4v) is 3.13. The van der Waals surface area contributed by atoms with Gasteiger partial charge in [-0.3, -0.25) is 9.88 Å². The molecule has 0 aliphatic heterocycles. The predicted molar refractivity (Wildman–Crippen MR) is 76.5 cm³/mol. The van der Waals surface area contributed by atoms with E-state index in [1.54, 1.807) is 0 Å². The second-order valence-corrected chi connectivity index (χ2v) is 5.71. The van der Waals surface area contributed by atoms with Crippen molar-refractivity contribution >= 4 is 0 Å². The molecule has 1 aliphatic carbocycles. The summed E-state index contributed by atoms with van der Waals surface area (Å²) in [7, 11) is 2.27. The molecule has 2 rings (SSSR count). The van der Waals surface area contributed by atoms with Crippen LogP contribution < -0.4 is 0 Å². The Labute approximate surface area is 111 Å². The molecule has 18 heavy (non-hydrogen) atoms. The molecule has 1 aromatic heterocycles. The van der Waals surface area contributed by atoms with Gasteiger partial charge in [0, 0.05) is 24.5 Å². The van der Waals surface area contributed by atoms with Crippen molar-refractivity contribution in [3.8, 4) is 0 Å². The average Bonchev–Trinajstić information content (AvgIpc) is 2.47. The molecular weight excluding hydrogens is 220 g/mol. The summed E-state index contributed by atoms with van der Waals surface area (Å²) < 4.78 is 0. The first-order chi connectivity index (χ1) is 8.72. The maximum Gasteiger partial charge on any atom is 0.0335 e. The van der Waals surface area contributed by atoms with Gasteiger partial charge in [-0.25, -0.2) is 0 Å². The Morgan fingerprint density at radius 3 is 2.61 bits per heavy atom. The summed E-state index contributed by atoms with van der Waals surface area (Å²) in [6.07, 6.45) is 10.7. The number of rotatable bonds is 4. The molecule has 0 saturated heterocycles. The highest BCUT2D eigenvalue weighted by Crippen LogP contribution is 2.32. The molecule has 2 heteroatoms. The van der Waals surface area contributed by atoms with Gasteiger partial charge in [0.25, 0.3) is 0 Å². The maximum absolute atomic E-state index is 4.23. The van der Waals surface area contributed by atoms with Gasteiger partial charge in [0.15, 0.2) is 0 Å². The van der Waals surface area contributed by atoms with Crippen molar-refractivity contribution in [2.45, 2.75) is 58.0 Å². The molecular formula is C16H26N2. The minimum Gasteiger partial charge on any atom is -0.297 e. The molecule has 0 amide bonds. The normalized spacial score (nSPS) is 26.2. The molecule has 1 aromatic rings. The summed E-state index contributed by atoms with van der Waals surface area (Å²) in [5, 5.41) is 0. The summed E-state index contributed by atoms with van der Waals surface area (Å²) in [5.41, 5.74) is 1.33. The van der Waals surface area contributed by atoms with Crippen molar-refractivity contribution in [3.63, 3.8) is 0 Å². The Balaban J connectivity index is 1.93. The van der Waals surface area contributed by atoms with Gasteiger partial charge in [0.1, 0.15) is 0 Å². The maximum atomic E-state index is 4.23. The van der Waals surface area contributed by atoms with E-state index in [-0.39, 0.29) is 0 Å². The van der Waals surface area contributed by atoms with Crippen molar-refractivity contribution in [2.75, 3.05) is 7.05 Å². The molecule has 0 aromatic carbocycles. The van der Waals surface area contributed by atoms with Crippen LogP contribution in [0.1, 0.15) is 57.6 Å². The van der Waals surface area contributed by atoms with Crippen LogP contribution in [-0.2, 0) is 0 Å². The van der Waals surface area contributed by atoms with Crippen LogP contribution in [0.2, 0.25) is 0 Å². The van der Waals surface area contributed by atoms with Gasteiger partial charge in [-0.1, -0.05) is 19.4 Å². The monoisotopic (exact) mass is 246 g/mol. The molecule has 1 unspecified atom stereocenters. The Hall–Kier alpha value is -0.890. The number of hydrogen-bond acceptors (Lipinski definition) is 2. The third kappa shape index (κ3) is 3.11. The van der Waals surface area contributed by atoms with Crippen LogP contribution in [-0.4, -0.2) is 23.0 Å². The van der Waals surface area contributed by atoms with Crippen molar-refractivity contribution in [3.05, 3.63) is 30.1 Å². The van der Waals surface area contributed by atoms with Gasteiger partial charge in [0.2, 0.25) is 0 Å². The predicted octanol–water partition coefficient (Wildman–Crippen LogP) is 4.04. The van der Waals surface area contributed by atoms with Crippen molar-refractivity contribution < 1.29 is 0 Å². The lowest BCUT2D eigenvalue weighted by atomic mass is 9.83. The molecule has 1 heterocycles. The van der Waals surface area contributed by atoms with E-state index in [1.165, 1.54) is 37.7 Å². The van der Waals surface area contributed by atoms with Crippen LogP contribution >= 0.6 is 0 Å². The molecule has 1 fully saturated rings. The highest BCUT2D eigenvalue weighted by Gasteiger charge is 2.26. The van der Waals surface area contributed by atoms with Crippen LogP contribution in [0.4, 0.5) is 0 Å². The van der Waals surface area contributed by atoms with E-state index in [1.807, 2.05) is 18.5 Å². The molecule has 0 bridgehead atoms. The molecule has 1 aliphatic rings. The number of aromatic nitrogens is 1. The summed E-state index contributed by atoms with van der Waals surface area (Å²) in [4.78, 5) is 6.78. The first-order valence-electron chi connectivity index (χ1n) is 7.34. The summed E-state index contributed by atoms with van der Waals surface area (Å²) in [6, 6.07) is 5.45. The van der Waals surface area contributed by atoms with Crippen LogP contribution in [0.15, 0.2) is 24.5 Å². The van der Waals surface area contributed by atoms with Gasteiger partial charge in [-0.15, -0.1) is 0 Å². The zero-order chi connectivity index (χ0) is 13.0. The first kappa shape index (κ1) is 13.5. The smallest absolute Gasteiger partial charge is 0.0335 e. The average molecular weight is 246 g/mol. The van der Waals surface area contributed by atoms with Gasteiger partial charge in [-0.05, 0) is 57.2 Å². The quantitative estimate of drug-likeness (QED) is 0.797. The van der Waals surface area contributed by atoms with Crippen LogP contribution in [0, 0.1) is 5.92 Å². The van der Waals surface area contributed by atoms with Crippen LogP contribution in [0.25, 0.3) is 0 Å². The van der Waals surface area contributed by atoms with Crippen LogP contribution in [0.3, 0.4) is 0 Å². The van der Waals surface area contributed by atoms with E-state index in [4.69, 9.17) is 0 Å². The summed E-state index contributed by atoms with van der Waals surface area (Å²) in [6.45, 7) is 4.62. The largest absolute Gasteiger partial charge is 0.297 e. The Morgan fingerprint density at radius 2 is 2.06 bits per heavy atom. The molecule has 1 atom stereocenters. The standard InChI is InChI=1S/C16H26N2/c1-4-14-7-9-16(10-8-14)18(3)13(2)15-6-5-11-17-12-15/h5-6,11-14,16H,4,7-10H2,1-3H3. The molecule has 0 radical (unpaired) electrons. The molecule has 100 valence electrons. The highest BCUT2D eigenvalue weighted by atomic mass is 15.2. The Morgan fingerprint density at radius 1 is 1.33 bits per heavy atom. The lowest BCUT2D eigenvalue weighted by Gasteiger charge is -2.37. The van der Waals surface area contributed by atoms with Gasteiger partial charge >= 0.3 is 0 Å². The van der Waals surface area contributed by atoms with E-state index < -0.39 is 0 Å². The number of pyridine rings is 1. The van der Waals surface area contributed by atoms with Crippen molar-refractivity contribution in [1.29, 1.82) is 0 Å². The van der Waals surface area contributed by atoms with E-state index in [2.05, 4.69) is 36.8 Å². The molecule has 1 saturated carbocycles. The van der Waals surface area contributed by atoms with Crippen molar-refractivity contribution in [2.24, 2.45) is 5.92 Å². The first-order valence-corrected chi connectivity index (χ1v) is 7.34. The van der Waals surface area contributed by atoms with Crippen LogP contribution in [0.5, 0.6) is 0 Å². The van der Waals surface area contributed by atoms with Gasteiger partial charge < -0.3 is 0 Å². The molecule has 0 N–H and O–H groups in total. The zero-order valence-electron chi connectivity index (χ0n) is 12.0. The fraction of sp³-hybridized carbons (Fsp3) is 0.688. The van der Waals surface area contributed by atoms with E-state index in [0.29, 0.717) is 6.04 Å². The Kier molecular flexibility index (Phi) is 4.76. The highest BCUT2D eigenvalue weighted by molar-refractivity contribution is 5.13. The summed E-state index contributed by atoms with van der Waals surface area (Å²) in [5.74, 6) is 0.975. The Bertz CT molecular complexity index is 341. The second-order valence-electron chi connectivity index (χ2n) is 5.71. The third-order valence-electron chi connectivity index (χ3n) is 4.75. The minimum absolute atomic E-state index is 0.474. The van der Waals surface area contributed by atoms with Gasteiger partial charge in [0.05, 0.1) is 0 Å². The zero-order valence-corrected chi connectivity index (χ0v) is 12.0.